The van der Waals surface area contributed by atoms with Crippen LogP contribution in [0.3, 0.4) is 0 Å². The molecule has 0 radical (unpaired) electrons. The minimum absolute atomic E-state index is 0.00698. The van der Waals surface area contributed by atoms with Crippen LogP contribution < -0.4 is 10.1 Å². The van der Waals surface area contributed by atoms with Crippen LogP contribution in [0.1, 0.15) is 45.3 Å². The zero-order valence-corrected chi connectivity index (χ0v) is 12.1. The van der Waals surface area contributed by atoms with Gasteiger partial charge in [0.25, 0.3) is 5.91 Å². The highest BCUT2D eigenvalue weighted by atomic mass is 19.1. The standard InChI is InChI=1S/C15H22FNO3/c1-4-5-8-17-15(19)11(3)20-14-7-6-12(10(2)18)9-13(14)16/h6-7,9-11,18H,4-5,8H2,1-3H3,(H,17,19)/t10-,11?/m0/s1. The van der Waals surface area contributed by atoms with E-state index >= 15 is 0 Å². The highest BCUT2D eigenvalue weighted by molar-refractivity contribution is 5.80. The van der Waals surface area contributed by atoms with E-state index in [9.17, 15) is 14.3 Å². The number of aliphatic hydroxyl groups excluding tert-OH is 1. The number of hydrogen-bond donors (Lipinski definition) is 2. The highest BCUT2D eigenvalue weighted by Crippen LogP contribution is 2.22. The molecule has 1 rings (SSSR count). The summed E-state index contributed by atoms with van der Waals surface area (Å²) in [6.07, 6.45) is 0.382. The van der Waals surface area contributed by atoms with E-state index in [0.29, 0.717) is 12.1 Å². The number of carbonyl (C=O) groups excluding carboxylic acids is 1. The lowest BCUT2D eigenvalue weighted by atomic mass is 10.1. The minimum Gasteiger partial charge on any atom is -0.478 e. The van der Waals surface area contributed by atoms with Crippen LogP contribution in [-0.4, -0.2) is 23.7 Å². The first-order chi connectivity index (χ1) is 9.45. The van der Waals surface area contributed by atoms with Crippen LogP contribution in [0.2, 0.25) is 0 Å². The maximum Gasteiger partial charge on any atom is 0.260 e. The first kappa shape index (κ1) is 16.4. The Bertz CT molecular complexity index is 449. The Kier molecular flexibility index (Phi) is 6.45. The van der Waals surface area contributed by atoms with Crippen molar-refractivity contribution in [1.82, 2.24) is 5.32 Å². The van der Waals surface area contributed by atoms with Gasteiger partial charge in [0, 0.05) is 6.54 Å². The number of ether oxygens (including phenoxy) is 1. The fourth-order valence-electron chi connectivity index (χ4n) is 1.65. The smallest absolute Gasteiger partial charge is 0.260 e. The van der Waals surface area contributed by atoms with Crippen molar-refractivity contribution in [3.05, 3.63) is 29.6 Å². The largest absolute Gasteiger partial charge is 0.478 e. The second kappa shape index (κ2) is 7.85. The van der Waals surface area contributed by atoms with Crippen LogP contribution in [0.25, 0.3) is 0 Å². The molecule has 4 nitrogen and oxygen atoms in total. The molecule has 1 aromatic rings. The second-order valence-electron chi connectivity index (χ2n) is 4.77. The molecule has 112 valence electrons. The number of aliphatic hydroxyl groups is 1. The Morgan fingerprint density at radius 2 is 2.15 bits per heavy atom. The van der Waals surface area contributed by atoms with Gasteiger partial charge < -0.3 is 15.2 Å². The van der Waals surface area contributed by atoms with Crippen molar-refractivity contribution in [2.24, 2.45) is 0 Å². The van der Waals surface area contributed by atoms with Crippen LogP contribution in [0.5, 0.6) is 5.75 Å². The van der Waals surface area contributed by atoms with E-state index in [1.807, 2.05) is 6.92 Å². The van der Waals surface area contributed by atoms with Crippen molar-refractivity contribution < 1.29 is 19.0 Å². The molecule has 0 aliphatic carbocycles. The summed E-state index contributed by atoms with van der Waals surface area (Å²) >= 11 is 0. The van der Waals surface area contributed by atoms with Gasteiger partial charge in [-0.25, -0.2) is 4.39 Å². The molecule has 2 N–H and O–H groups in total. The lowest BCUT2D eigenvalue weighted by Crippen LogP contribution is -2.36. The van der Waals surface area contributed by atoms with Gasteiger partial charge in [0.15, 0.2) is 17.7 Å². The molecule has 2 atom stereocenters. The van der Waals surface area contributed by atoms with Gasteiger partial charge in [-0.3, -0.25) is 4.79 Å². The molecular weight excluding hydrogens is 261 g/mol. The Labute approximate surface area is 119 Å². The number of hydrogen-bond acceptors (Lipinski definition) is 3. The normalized spacial score (nSPS) is 13.7. The average molecular weight is 283 g/mol. The Morgan fingerprint density at radius 3 is 2.70 bits per heavy atom. The van der Waals surface area contributed by atoms with Gasteiger partial charge in [-0.2, -0.15) is 0 Å². The zero-order chi connectivity index (χ0) is 15.1. The first-order valence-electron chi connectivity index (χ1n) is 6.87. The van der Waals surface area contributed by atoms with Crippen molar-refractivity contribution >= 4 is 5.91 Å². The van der Waals surface area contributed by atoms with Gasteiger partial charge in [-0.15, -0.1) is 0 Å². The van der Waals surface area contributed by atoms with Crippen molar-refractivity contribution in [2.45, 2.75) is 45.8 Å². The SMILES string of the molecule is CCCCNC(=O)C(C)Oc1ccc([C@H](C)O)cc1F. The number of unbranched alkanes of at least 4 members (excludes halogenated alkanes) is 1. The van der Waals surface area contributed by atoms with E-state index in [1.54, 1.807) is 19.9 Å². The fourth-order valence-corrected chi connectivity index (χ4v) is 1.65. The molecule has 0 aromatic heterocycles. The third kappa shape index (κ3) is 4.81. The summed E-state index contributed by atoms with van der Waals surface area (Å²) in [6, 6.07) is 4.21. The van der Waals surface area contributed by atoms with E-state index in [4.69, 9.17) is 4.74 Å². The van der Waals surface area contributed by atoms with E-state index < -0.39 is 18.0 Å². The molecule has 1 aromatic carbocycles. The average Bonchev–Trinajstić information content (AvgIpc) is 2.40. The fraction of sp³-hybridized carbons (Fsp3) is 0.533. The maximum absolute atomic E-state index is 13.8. The van der Waals surface area contributed by atoms with Crippen LogP contribution in [0.4, 0.5) is 4.39 Å². The van der Waals surface area contributed by atoms with Crippen molar-refractivity contribution in [1.29, 1.82) is 0 Å². The summed E-state index contributed by atoms with van der Waals surface area (Å²) in [5.74, 6) is -0.846. The first-order valence-corrected chi connectivity index (χ1v) is 6.87. The third-order valence-corrected chi connectivity index (χ3v) is 2.94. The van der Waals surface area contributed by atoms with Crippen LogP contribution in [0, 0.1) is 5.82 Å². The zero-order valence-electron chi connectivity index (χ0n) is 12.1. The van der Waals surface area contributed by atoms with Gasteiger partial charge >= 0.3 is 0 Å². The molecule has 0 saturated heterocycles. The topological polar surface area (TPSA) is 58.6 Å². The van der Waals surface area contributed by atoms with Crippen LogP contribution >= 0.6 is 0 Å². The maximum atomic E-state index is 13.8. The molecule has 0 aliphatic rings. The van der Waals surface area contributed by atoms with Gasteiger partial charge in [0.2, 0.25) is 0 Å². The number of amides is 1. The summed E-state index contributed by atoms with van der Waals surface area (Å²) < 4.78 is 19.1. The van der Waals surface area contributed by atoms with E-state index in [0.717, 1.165) is 12.8 Å². The van der Waals surface area contributed by atoms with E-state index in [-0.39, 0.29) is 11.7 Å². The Balaban J connectivity index is 2.61. The van der Waals surface area contributed by atoms with E-state index in [2.05, 4.69) is 5.32 Å². The lowest BCUT2D eigenvalue weighted by molar-refractivity contribution is -0.127. The molecule has 0 fully saturated rings. The summed E-state index contributed by atoms with van der Waals surface area (Å²) in [7, 11) is 0. The molecule has 0 spiro atoms. The molecular formula is C15H22FNO3. The van der Waals surface area contributed by atoms with Crippen LogP contribution in [-0.2, 0) is 4.79 Å². The molecule has 0 aliphatic heterocycles. The molecule has 1 unspecified atom stereocenters. The van der Waals surface area contributed by atoms with Gasteiger partial charge in [0.1, 0.15) is 0 Å². The predicted molar refractivity (Wildman–Crippen MR) is 75.0 cm³/mol. The summed E-state index contributed by atoms with van der Waals surface area (Å²) in [6.45, 7) is 5.75. The number of carbonyl (C=O) groups is 1. The molecule has 20 heavy (non-hydrogen) atoms. The molecule has 1 amide bonds. The summed E-state index contributed by atoms with van der Waals surface area (Å²) in [5, 5.41) is 12.1. The monoisotopic (exact) mass is 283 g/mol. The van der Waals surface area contributed by atoms with Crippen molar-refractivity contribution in [3.8, 4) is 5.75 Å². The summed E-state index contributed by atoms with van der Waals surface area (Å²) in [5.41, 5.74) is 0.468. The molecule has 0 saturated carbocycles. The number of halogens is 1. The van der Waals surface area contributed by atoms with E-state index in [1.165, 1.54) is 12.1 Å². The Morgan fingerprint density at radius 1 is 1.45 bits per heavy atom. The Hall–Kier alpha value is -1.62. The number of rotatable bonds is 7. The molecule has 0 heterocycles. The van der Waals surface area contributed by atoms with Crippen molar-refractivity contribution in [2.75, 3.05) is 6.54 Å². The van der Waals surface area contributed by atoms with Crippen molar-refractivity contribution in [3.63, 3.8) is 0 Å². The minimum atomic E-state index is -0.765. The number of nitrogens with one attached hydrogen (secondary N) is 1. The van der Waals surface area contributed by atoms with Crippen LogP contribution in [0.15, 0.2) is 18.2 Å². The summed E-state index contributed by atoms with van der Waals surface area (Å²) in [4.78, 5) is 11.7. The van der Waals surface area contributed by atoms with Gasteiger partial charge in [0.05, 0.1) is 6.10 Å². The quantitative estimate of drug-likeness (QED) is 0.756. The van der Waals surface area contributed by atoms with Gasteiger partial charge in [-0.05, 0) is 38.0 Å². The highest BCUT2D eigenvalue weighted by Gasteiger charge is 2.16. The second-order valence-corrected chi connectivity index (χ2v) is 4.77. The third-order valence-electron chi connectivity index (χ3n) is 2.94. The van der Waals surface area contributed by atoms with Gasteiger partial charge in [-0.1, -0.05) is 19.4 Å². The molecule has 5 heteroatoms. The lowest BCUT2D eigenvalue weighted by Gasteiger charge is -2.16. The number of benzene rings is 1. The predicted octanol–water partition coefficient (Wildman–Crippen LogP) is 2.56. The molecule has 0 bridgehead atoms.